The molecule has 3 aromatic carbocycles. The first-order chi connectivity index (χ1) is 10.1. The molecule has 1 nitrogen and oxygen atoms in total. The summed E-state index contributed by atoms with van der Waals surface area (Å²) in [6.45, 7) is 4.05. The summed E-state index contributed by atoms with van der Waals surface area (Å²) >= 11 is 0. The first-order valence-electron chi connectivity index (χ1n) is 7.08. The molecule has 0 amide bonds. The highest BCUT2D eigenvalue weighted by Crippen LogP contribution is 2.30. The number of halogens is 1. The van der Waals surface area contributed by atoms with Crippen LogP contribution in [0, 0.1) is 19.7 Å². The van der Waals surface area contributed by atoms with E-state index in [0.717, 1.165) is 22.1 Å². The molecule has 2 N–H and O–H groups in total. The van der Waals surface area contributed by atoms with E-state index in [2.05, 4.69) is 25.1 Å². The largest absolute Gasteiger partial charge is 0.320 e. The van der Waals surface area contributed by atoms with E-state index >= 15 is 0 Å². The lowest BCUT2D eigenvalue weighted by atomic mass is 9.90. The number of nitrogens with two attached hydrogens (primary N) is 1. The van der Waals surface area contributed by atoms with E-state index in [4.69, 9.17) is 5.73 Å². The molecular weight excluding hydrogens is 261 g/mol. The minimum atomic E-state index is -0.328. The van der Waals surface area contributed by atoms with Crippen molar-refractivity contribution in [3.05, 3.63) is 82.7 Å². The maximum Gasteiger partial charge on any atom is 0.123 e. The van der Waals surface area contributed by atoms with Gasteiger partial charge >= 0.3 is 0 Å². The second-order valence-electron chi connectivity index (χ2n) is 5.50. The zero-order valence-electron chi connectivity index (χ0n) is 12.2. The summed E-state index contributed by atoms with van der Waals surface area (Å²) in [5, 5.41) is 2.33. The van der Waals surface area contributed by atoms with Gasteiger partial charge in [-0.15, -0.1) is 0 Å². The van der Waals surface area contributed by atoms with E-state index in [9.17, 15) is 4.39 Å². The molecule has 0 saturated carbocycles. The Labute approximate surface area is 124 Å². The molecule has 0 aromatic heterocycles. The van der Waals surface area contributed by atoms with Crippen molar-refractivity contribution in [3.8, 4) is 0 Å². The molecule has 0 radical (unpaired) electrons. The molecule has 21 heavy (non-hydrogen) atoms. The highest BCUT2D eigenvalue weighted by molar-refractivity contribution is 5.89. The molecule has 3 rings (SSSR count). The van der Waals surface area contributed by atoms with Gasteiger partial charge in [-0.1, -0.05) is 42.5 Å². The van der Waals surface area contributed by atoms with Crippen LogP contribution < -0.4 is 5.73 Å². The lowest BCUT2D eigenvalue weighted by Crippen LogP contribution is -2.14. The van der Waals surface area contributed by atoms with Crippen molar-refractivity contribution >= 4 is 10.8 Å². The molecule has 2 heteroatoms. The zero-order valence-corrected chi connectivity index (χ0v) is 12.2. The maximum absolute atomic E-state index is 13.5. The van der Waals surface area contributed by atoms with Gasteiger partial charge in [0.2, 0.25) is 0 Å². The zero-order chi connectivity index (χ0) is 15.0. The first kappa shape index (κ1) is 13.8. The molecule has 106 valence electrons. The molecule has 0 aliphatic carbocycles. The van der Waals surface area contributed by atoms with E-state index < -0.39 is 0 Å². The Hall–Kier alpha value is -2.19. The van der Waals surface area contributed by atoms with Crippen molar-refractivity contribution in [1.29, 1.82) is 0 Å². The van der Waals surface area contributed by atoms with Gasteiger partial charge in [-0.25, -0.2) is 4.39 Å². The fraction of sp³-hybridized carbons (Fsp3) is 0.158. The molecule has 1 atom stereocenters. The molecule has 0 heterocycles. The number of hydrogen-bond acceptors (Lipinski definition) is 1. The minimum Gasteiger partial charge on any atom is -0.320 e. The van der Waals surface area contributed by atoms with Crippen molar-refractivity contribution in [2.24, 2.45) is 5.73 Å². The minimum absolute atomic E-state index is 0.248. The second-order valence-corrected chi connectivity index (χ2v) is 5.50. The van der Waals surface area contributed by atoms with Crippen molar-refractivity contribution in [2.45, 2.75) is 19.9 Å². The molecule has 1 unspecified atom stereocenters. The molecule has 0 bridgehead atoms. The summed E-state index contributed by atoms with van der Waals surface area (Å²) in [5.41, 5.74) is 10.5. The summed E-state index contributed by atoms with van der Waals surface area (Å²) in [6, 6.07) is 16.8. The Balaban J connectivity index is 2.20. The number of benzene rings is 3. The molecule has 0 aliphatic rings. The van der Waals surface area contributed by atoms with Crippen LogP contribution in [0.3, 0.4) is 0 Å². The van der Waals surface area contributed by atoms with Crippen LogP contribution in [0.5, 0.6) is 0 Å². The number of fused-ring (bicyclic) bond motifs is 1. The van der Waals surface area contributed by atoms with Gasteiger partial charge in [-0.2, -0.15) is 0 Å². The molecular formula is C19H18FN. The number of aryl methyl sites for hydroxylation is 2. The summed E-state index contributed by atoms with van der Waals surface area (Å²) in [6.07, 6.45) is 0. The normalized spacial score (nSPS) is 12.6. The predicted molar refractivity (Wildman–Crippen MR) is 85.9 cm³/mol. The second kappa shape index (κ2) is 5.30. The number of rotatable bonds is 2. The summed E-state index contributed by atoms with van der Waals surface area (Å²) < 4.78 is 13.5. The van der Waals surface area contributed by atoms with Gasteiger partial charge in [-0.05, 0) is 59.0 Å². The van der Waals surface area contributed by atoms with Crippen LogP contribution in [0.15, 0.2) is 54.6 Å². The van der Waals surface area contributed by atoms with Crippen molar-refractivity contribution in [2.75, 3.05) is 0 Å². The maximum atomic E-state index is 13.5. The lowest BCUT2D eigenvalue weighted by molar-refractivity contribution is 0.623. The third-order valence-corrected chi connectivity index (χ3v) is 4.09. The Morgan fingerprint density at radius 1 is 0.810 bits per heavy atom. The van der Waals surface area contributed by atoms with Crippen LogP contribution >= 0.6 is 0 Å². The Morgan fingerprint density at radius 3 is 2.24 bits per heavy atom. The van der Waals surface area contributed by atoms with Crippen molar-refractivity contribution < 1.29 is 4.39 Å². The Kier molecular flexibility index (Phi) is 3.48. The molecule has 0 saturated heterocycles. The molecule has 0 fully saturated rings. The smallest absolute Gasteiger partial charge is 0.123 e. The average molecular weight is 279 g/mol. The van der Waals surface area contributed by atoms with Crippen molar-refractivity contribution in [3.63, 3.8) is 0 Å². The van der Waals surface area contributed by atoms with Crippen LogP contribution in [0.1, 0.15) is 28.3 Å². The third kappa shape index (κ3) is 2.43. The van der Waals surface area contributed by atoms with Crippen LogP contribution in [0.2, 0.25) is 0 Å². The van der Waals surface area contributed by atoms with Crippen LogP contribution in [-0.2, 0) is 0 Å². The predicted octanol–water partition coefficient (Wildman–Crippen LogP) is 4.64. The van der Waals surface area contributed by atoms with Gasteiger partial charge in [0.05, 0.1) is 6.04 Å². The lowest BCUT2D eigenvalue weighted by Gasteiger charge is -2.18. The highest BCUT2D eigenvalue weighted by atomic mass is 19.1. The van der Waals surface area contributed by atoms with Crippen LogP contribution in [0.4, 0.5) is 4.39 Å². The standard InChI is InChI=1S/C19H18FN/c1-12-8-10-17(16-6-4-3-5-15(12)16)19(21)18-11-14(20)9-7-13(18)2/h3-11,19H,21H2,1-2H3. The summed E-state index contributed by atoms with van der Waals surface area (Å²) in [5.74, 6) is -0.248. The van der Waals surface area contributed by atoms with Gasteiger partial charge in [-0.3, -0.25) is 0 Å². The van der Waals surface area contributed by atoms with E-state index in [1.165, 1.54) is 23.1 Å². The topological polar surface area (TPSA) is 26.0 Å². The fourth-order valence-electron chi connectivity index (χ4n) is 2.86. The summed E-state index contributed by atoms with van der Waals surface area (Å²) in [7, 11) is 0. The molecule has 0 spiro atoms. The first-order valence-corrected chi connectivity index (χ1v) is 7.08. The molecule has 0 aliphatic heterocycles. The van der Waals surface area contributed by atoms with Crippen LogP contribution in [-0.4, -0.2) is 0 Å². The highest BCUT2D eigenvalue weighted by Gasteiger charge is 2.15. The summed E-state index contributed by atoms with van der Waals surface area (Å²) in [4.78, 5) is 0. The van der Waals surface area contributed by atoms with Gasteiger partial charge in [0, 0.05) is 0 Å². The SMILES string of the molecule is Cc1ccc(F)cc1C(N)c1ccc(C)c2ccccc12. The average Bonchev–Trinajstić information content (AvgIpc) is 2.50. The van der Waals surface area contributed by atoms with Gasteiger partial charge in [0.15, 0.2) is 0 Å². The fourth-order valence-corrected chi connectivity index (χ4v) is 2.86. The van der Waals surface area contributed by atoms with Gasteiger partial charge in [0.25, 0.3) is 0 Å². The molecule has 3 aromatic rings. The van der Waals surface area contributed by atoms with Crippen molar-refractivity contribution in [1.82, 2.24) is 0 Å². The number of hydrogen-bond donors (Lipinski definition) is 1. The Morgan fingerprint density at radius 2 is 1.48 bits per heavy atom. The third-order valence-electron chi connectivity index (χ3n) is 4.09. The van der Waals surface area contributed by atoms with Gasteiger partial charge in [0.1, 0.15) is 5.82 Å². The van der Waals surface area contributed by atoms with Crippen LogP contribution in [0.25, 0.3) is 10.8 Å². The van der Waals surface area contributed by atoms with E-state index in [1.54, 1.807) is 6.07 Å². The van der Waals surface area contributed by atoms with E-state index in [0.29, 0.717) is 0 Å². The Bertz CT molecular complexity index is 808. The van der Waals surface area contributed by atoms with E-state index in [1.807, 2.05) is 25.1 Å². The van der Waals surface area contributed by atoms with E-state index in [-0.39, 0.29) is 11.9 Å². The monoisotopic (exact) mass is 279 g/mol. The van der Waals surface area contributed by atoms with Gasteiger partial charge < -0.3 is 5.73 Å². The quantitative estimate of drug-likeness (QED) is 0.726.